The molecule has 0 saturated carbocycles. The van der Waals surface area contributed by atoms with E-state index in [1.165, 1.54) is 0 Å². The Balaban J connectivity index is 2.31. The monoisotopic (exact) mass is 267 g/mol. The van der Waals surface area contributed by atoms with E-state index in [2.05, 4.69) is 10.4 Å². The van der Waals surface area contributed by atoms with Gasteiger partial charge in [0.15, 0.2) is 0 Å². The Morgan fingerprint density at radius 1 is 1.47 bits per heavy atom. The number of carbonyl (C=O) groups is 2. The molecule has 1 aromatic heterocycles. The molecule has 19 heavy (non-hydrogen) atoms. The normalized spacial score (nSPS) is 12.2. The fourth-order valence-corrected chi connectivity index (χ4v) is 1.86. The lowest BCUT2D eigenvalue weighted by Gasteiger charge is -2.10. The zero-order valence-corrected chi connectivity index (χ0v) is 11.6. The van der Waals surface area contributed by atoms with E-state index in [1.807, 2.05) is 6.92 Å². The minimum absolute atomic E-state index is 0.129. The van der Waals surface area contributed by atoms with Gasteiger partial charge in [-0.1, -0.05) is 6.92 Å². The first-order valence-corrected chi connectivity index (χ1v) is 6.40. The van der Waals surface area contributed by atoms with Crippen LogP contribution in [0.15, 0.2) is 6.20 Å². The smallest absolute Gasteiger partial charge is 0.303 e. The SMILES string of the molecule is Cc1nn(C)cc1C(=O)NCCC(C)CCC(=O)O. The number of hydrogen-bond acceptors (Lipinski definition) is 3. The first kappa shape index (κ1) is 15.2. The summed E-state index contributed by atoms with van der Waals surface area (Å²) < 4.78 is 1.61. The number of nitrogens with one attached hydrogen (secondary N) is 1. The van der Waals surface area contributed by atoms with Crippen LogP contribution in [0, 0.1) is 12.8 Å². The van der Waals surface area contributed by atoms with E-state index in [4.69, 9.17) is 5.11 Å². The van der Waals surface area contributed by atoms with E-state index in [0.29, 0.717) is 24.2 Å². The van der Waals surface area contributed by atoms with Gasteiger partial charge < -0.3 is 10.4 Å². The van der Waals surface area contributed by atoms with Gasteiger partial charge in [0.05, 0.1) is 11.3 Å². The molecule has 0 fully saturated rings. The highest BCUT2D eigenvalue weighted by atomic mass is 16.4. The predicted molar refractivity (Wildman–Crippen MR) is 70.9 cm³/mol. The summed E-state index contributed by atoms with van der Waals surface area (Å²) in [6, 6.07) is 0. The van der Waals surface area contributed by atoms with Crippen molar-refractivity contribution in [2.24, 2.45) is 13.0 Å². The van der Waals surface area contributed by atoms with Crippen LogP contribution >= 0.6 is 0 Å². The number of hydrogen-bond donors (Lipinski definition) is 2. The van der Waals surface area contributed by atoms with E-state index in [9.17, 15) is 9.59 Å². The molecule has 1 heterocycles. The summed E-state index contributed by atoms with van der Waals surface area (Å²) in [4.78, 5) is 22.3. The van der Waals surface area contributed by atoms with Crippen molar-refractivity contribution in [1.29, 1.82) is 0 Å². The topological polar surface area (TPSA) is 84.2 Å². The molecule has 106 valence electrons. The van der Waals surface area contributed by atoms with Crippen molar-refractivity contribution in [2.45, 2.75) is 33.1 Å². The first-order valence-electron chi connectivity index (χ1n) is 6.40. The molecular formula is C13H21N3O3. The molecule has 0 spiro atoms. The van der Waals surface area contributed by atoms with Crippen LogP contribution in [0.2, 0.25) is 0 Å². The molecule has 0 aromatic carbocycles. The van der Waals surface area contributed by atoms with Gasteiger partial charge in [-0.05, 0) is 25.7 Å². The zero-order chi connectivity index (χ0) is 14.4. The largest absolute Gasteiger partial charge is 0.481 e. The Kier molecular flexibility index (Phi) is 5.54. The van der Waals surface area contributed by atoms with Crippen molar-refractivity contribution < 1.29 is 14.7 Å². The molecular weight excluding hydrogens is 246 g/mol. The Morgan fingerprint density at radius 3 is 2.68 bits per heavy atom. The zero-order valence-electron chi connectivity index (χ0n) is 11.6. The minimum Gasteiger partial charge on any atom is -0.481 e. The molecule has 0 aliphatic rings. The van der Waals surface area contributed by atoms with Crippen LogP contribution in [-0.2, 0) is 11.8 Å². The maximum atomic E-state index is 11.9. The third-order valence-electron chi connectivity index (χ3n) is 3.03. The number of carbonyl (C=O) groups excluding carboxylic acids is 1. The molecule has 6 heteroatoms. The number of carboxylic acids is 1. The maximum absolute atomic E-state index is 11.9. The van der Waals surface area contributed by atoms with Gasteiger partial charge in [0.25, 0.3) is 5.91 Å². The van der Waals surface area contributed by atoms with Gasteiger partial charge in [0.1, 0.15) is 0 Å². The number of rotatable bonds is 7. The lowest BCUT2D eigenvalue weighted by Crippen LogP contribution is -2.26. The van der Waals surface area contributed by atoms with Gasteiger partial charge in [0, 0.05) is 26.2 Å². The second kappa shape index (κ2) is 6.92. The number of aryl methyl sites for hydroxylation is 2. The molecule has 0 saturated heterocycles. The van der Waals surface area contributed by atoms with Gasteiger partial charge in [-0.3, -0.25) is 14.3 Å². The van der Waals surface area contributed by atoms with Crippen LogP contribution in [0.5, 0.6) is 0 Å². The van der Waals surface area contributed by atoms with E-state index >= 15 is 0 Å². The summed E-state index contributed by atoms with van der Waals surface area (Å²) in [6.07, 6.45) is 3.28. The van der Waals surface area contributed by atoms with Crippen molar-refractivity contribution in [3.63, 3.8) is 0 Å². The number of nitrogens with zero attached hydrogens (tertiary/aromatic N) is 2. The number of carboxylic acid groups (broad SMARTS) is 1. The standard InChI is InChI=1S/C13H21N3O3/c1-9(4-5-12(17)18)6-7-14-13(19)11-8-16(3)15-10(11)2/h8-9H,4-7H2,1-3H3,(H,14,19)(H,17,18). The molecule has 0 aliphatic carbocycles. The summed E-state index contributed by atoms with van der Waals surface area (Å²) in [6.45, 7) is 4.34. The highest BCUT2D eigenvalue weighted by Crippen LogP contribution is 2.10. The molecule has 1 unspecified atom stereocenters. The number of amides is 1. The summed E-state index contributed by atoms with van der Waals surface area (Å²) >= 11 is 0. The second-order valence-electron chi connectivity index (χ2n) is 4.88. The Morgan fingerprint density at radius 2 is 2.16 bits per heavy atom. The minimum atomic E-state index is -0.776. The molecule has 0 radical (unpaired) electrons. The Bertz CT molecular complexity index is 454. The van der Waals surface area contributed by atoms with Crippen LogP contribution in [0.1, 0.15) is 42.2 Å². The van der Waals surface area contributed by atoms with E-state index in [1.54, 1.807) is 24.9 Å². The lowest BCUT2D eigenvalue weighted by molar-refractivity contribution is -0.137. The van der Waals surface area contributed by atoms with Crippen LogP contribution < -0.4 is 5.32 Å². The van der Waals surface area contributed by atoms with Crippen LogP contribution in [0.4, 0.5) is 0 Å². The molecule has 6 nitrogen and oxygen atoms in total. The fraction of sp³-hybridized carbons (Fsp3) is 0.615. The van der Waals surface area contributed by atoms with Gasteiger partial charge in [-0.2, -0.15) is 5.10 Å². The van der Waals surface area contributed by atoms with E-state index < -0.39 is 5.97 Å². The van der Waals surface area contributed by atoms with Crippen molar-refractivity contribution in [3.05, 3.63) is 17.5 Å². The first-order chi connectivity index (χ1) is 8.90. The molecule has 1 aromatic rings. The quantitative estimate of drug-likeness (QED) is 0.781. The van der Waals surface area contributed by atoms with Gasteiger partial charge in [0.2, 0.25) is 0 Å². The Labute approximate surface area is 112 Å². The average Bonchev–Trinajstić information content (AvgIpc) is 2.65. The Hall–Kier alpha value is -1.85. The highest BCUT2D eigenvalue weighted by molar-refractivity contribution is 5.94. The lowest BCUT2D eigenvalue weighted by atomic mass is 10.0. The van der Waals surface area contributed by atoms with Crippen LogP contribution in [0.3, 0.4) is 0 Å². The second-order valence-corrected chi connectivity index (χ2v) is 4.88. The van der Waals surface area contributed by atoms with E-state index in [-0.39, 0.29) is 18.2 Å². The molecule has 1 rings (SSSR count). The van der Waals surface area contributed by atoms with Crippen molar-refractivity contribution in [3.8, 4) is 0 Å². The molecule has 1 atom stereocenters. The third kappa shape index (κ3) is 5.11. The molecule has 2 N–H and O–H groups in total. The molecule has 1 amide bonds. The number of aliphatic carboxylic acids is 1. The van der Waals surface area contributed by atoms with Gasteiger partial charge in [-0.15, -0.1) is 0 Å². The van der Waals surface area contributed by atoms with Crippen LogP contribution in [0.25, 0.3) is 0 Å². The van der Waals surface area contributed by atoms with Crippen molar-refractivity contribution in [1.82, 2.24) is 15.1 Å². The number of aromatic nitrogens is 2. The summed E-state index contributed by atoms with van der Waals surface area (Å²) in [5, 5.41) is 15.5. The predicted octanol–water partition coefficient (Wildman–Crippen LogP) is 1.35. The molecule has 0 bridgehead atoms. The third-order valence-corrected chi connectivity index (χ3v) is 3.03. The highest BCUT2D eigenvalue weighted by Gasteiger charge is 2.12. The fourth-order valence-electron chi connectivity index (χ4n) is 1.86. The summed E-state index contributed by atoms with van der Waals surface area (Å²) in [5.74, 6) is -0.621. The van der Waals surface area contributed by atoms with Crippen molar-refractivity contribution >= 4 is 11.9 Å². The summed E-state index contributed by atoms with van der Waals surface area (Å²) in [7, 11) is 1.78. The van der Waals surface area contributed by atoms with Gasteiger partial charge >= 0.3 is 5.97 Å². The maximum Gasteiger partial charge on any atom is 0.303 e. The van der Waals surface area contributed by atoms with Crippen LogP contribution in [-0.4, -0.2) is 33.3 Å². The summed E-state index contributed by atoms with van der Waals surface area (Å²) in [5.41, 5.74) is 1.29. The van der Waals surface area contributed by atoms with Gasteiger partial charge in [-0.25, -0.2) is 0 Å². The van der Waals surface area contributed by atoms with E-state index in [0.717, 1.165) is 6.42 Å². The molecule has 0 aliphatic heterocycles. The van der Waals surface area contributed by atoms with Crippen molar-refractivity contribution in [2.75, 3.05) is 6.54 Å². The average molecular weight is 267 g/mol.